The van der Waals surface area contributed by atoms with E-state index in [9.17, 15) is 0 Å². The van der Waals surface area contributed by atoms with Crippen molar-refractivity contribution in [1.29, 1.82) is 0 Å². The Morgan fingerprint density at radius 1 is 1.23 bits per heavy atom. The maximum Gasteiger partial charge on any atom is 0.165 e. The largest absolute Gasteiger partial charge is 0.379 e. The Morgan fingerprint density at radius 3 is 2.92 bits per heavy atom. The molecule has 134 valence electrons. The molecule has 0 N–H and O–H groups in total. The lowest BCUT2D eigenvalue weighted by Gasteiger charge is -2.25. The first-order chi connectivity index (χ1) is 12.7. The molecule has 0 amide bonds. The highest BCUT2D eigenvalue weighted by Crippen LogP contribution is 2.32. The van der Waals surface area contributed by atoms with Gasteiger partial charge in [-0.3, -0.25) is 4.90 Å². The summed E-state index contributed by atoms with van der Waals surface area (Å²) in [5.41, 5.74) is 4.42. The Morgan fingerprint density at radius 2 is 2.08 bits per heavy atom. The number of fused-ring (bicyclic) bond motifs is 5. The lowest BCUT2D eigenvalue weighted by molar-refractivity contribution is 0.0330. The van der Waals surface area contributed by atoms with E-state index in [1.807, 2.05) is 11.0 Å². The van der Waals surface area contributed by atoms with Crippen molar-refractivity contribution >= 4 is 22.6 Å². The highest BCUT2D eigenvalue weighted by atomic mass is 127. The maximum atomic E-state index is 5.44. The third kappa shape index (κ3) is 2.76. The Balaban J connectivity index is 1.60. The van der Waals surface area contributed by atoms with Crippen LogP contribution in [0.4, 0.5) is 0 Å². The monoisotopic (exact) mass is 462 g/mol. The fraction of sp³-hybridized carbons (Fsp3) is 0.389. The number of hydrogen-bond acceptors (Lipinski definition) is 5. The second kappa shape index (κ2) is 6.43. The van der Waals surface area contributed by atoms with Crippen LogP contribution in [0, 0.1) is 10.5 Å². The van der Waals surface area contributed by atoms with Gasteiger partial charge in [-0.25, -0.2) is 14.6 Å². The molecular formula is C18H19IN6O. The van der Waals surface area contributed by atoms with Crippen molar-refractivity contribution < 1.29 is 4.74 Å². The molecule has 0 bridgehead atoms. The lowest BCUT2D eigenvalue weighted by Crippen LogP contribution is -2.36. The zero-order valence-electron chi connectivity index (χ0n) is 14.5. The molecule has 5 rings (SSSR count). The van der Waals surface area contributed by atoms with Crippen LogP contribution in [0.3, 0.4) is 0 Å². The summed E-state index contributed by atoms with van der Waals surface area (Å²) in [7, 11) is 0. The topological polar surface area (TPSA) is 61.0 Å². The number of ether oxygens (including phenoxy) is 1. The average Bonchev–Trinajstić information content (AvgIpc) is 3.17. The van der Waals surface area contributed by atoms with Crippen molar-refractivity contribution in [2.45, 2.75) is 20.0 Å². The first kappa shape index (κ1) is 16.4. The van der Waals surface area contributed by atoms with Gasteiger partial charge in [-0.2, -0.15) is 5.10 Å². The van der Waals surface area contributed by atoms with Gasteiger partial charge in [-0.1, -0.05) is 0 Å². The highest BCUT2D eigenvalue weighted by molar-refractivity contribution is 14.1. The van der Waals surface area contributed by atoms with E-state index in [-0.39, 0.29) is 0 Å². The minimum absolute atomic E-state index is 0.683. The second-order valence-corrected chi connectivity index (χ2v) is 7.95. The van der Waals surface area contributed by atoms with Crippen LogP contribution in [0.15, 0.2) is 24.5 Å². The second-order valence-electron chi connectivity index (χ2n) is 6.71. The molecule has 0 unspecified atom stereocenters. The summed E-state index contributed by atoms with van der Waals surface area (Å²) < 4.78 is 10.8. The van der Waals surface area contributed by atoms with Gasteiger partial charge in [0, 0.05) is 22.2 Å². The predicted octanol–water partition coefficient (Wildman–Crippen LogP) is 2.24. The van der Waals surface area contributed by atoms with Gasteiger partial charge >= 0.3 is 0 Å². The number of aryl methyl sites for hydroxylation is 1. The van der Waals surface area contributed by atoms with Crippen molar-refractivity contribution in [1.82, 2.24) is 29.2 Å². The Bertz CT molecular complexity index is 972. The van der Waals surface area contributed by atoms with Crippen LogP contribution in [0.5, 0.6) is 0 Å². The Hall–Kier alpha value is -1.78. The fourth-order valence-corrected chi connectivity index (χ4v) is 4.12. The van der Waals surface area contributed by atoms with E-state index in [0.717, 1.165) is 67.1 Å². The van der Waals surface area contributed by atoms with Crippen LogP contribution in [-0.2, 0) is 17.8 Å². The summed E-state index contributed by atoms with van der Waals surface area (Å²) in [6.45, 7) is 6.94. The van der Waals surface area contributed by atoms with Crippen LogP contribution in [0.1, 0.15) is 17.2 Å². The summed E-state index contributed by atoms with van der Waals surface area (Å²) in [5, 5.41) is 4.83. The van der Waals surface area contributed by atoms with Crippen molar-refractivity contribution in [3.8, 4) is 17.1 Å². The third-order valence-corrected chi connectivity index (χ3v) is 5.69. The van der Waals surface area contributed by atoms with E-state index < -0.39 is 0 Å². The first-order valence-corrected chi connectivity index (χ1v) is 9.84. The lowest BCUT2D eigenvalue weighted by atomic mass is 10.1. The number of hydrogen-bond donors (Lipinski definition) is 0. The van der Waals surface area contributed by atoms with Crippen molar-refractivity contribution in [3.05, 3.63) is 45.3 Å². The average molecular weight is 462 g/mol. The number of nitrogens with zero attached hydrogens (tertiary/aromatic N) is 6. The maximum absolute atomic E-state index is 5.44. The molecule has 8 heteroatoms. The van der Waals surface area contributed by atoms with Crippen LogP contribution >= 0.6 is 22.6 Å². The van der Waals surface area contributed by atoms with Gasteiger partial charge in [-0.15, -0.1) is 0 Å². The molecule has 2 aliphatic rings. The molecule has 1 aromatic carbocycles. The van der Waals surface area contributed by atoms with E-state index in [4.69, 9.17) is 14.8 Å². The van der Waals surface area contributed by atoms with Gasteiger partial charge < -0.3 is 9.30 Å². The minimum Gasteiger partial charge on any atom is -0.379 e. The summed E-state index contributed by atoms with van der Waals surface area (Å²) in [6.07, 6.45) is 1.90. The van der Waals surface area contributed by atoms with Crippen LogP contribution in [-0.4, -0.2) is 55.5 Å². The van der Waals surface area contributed by atoms with Gasteiger partial charge in [0.05, 0.1) is 49.7 Å². The molecule has 2 aliphatic heterocycles. The van der Waals surface area contributed by atoms with Gasteiger partial charge in [-0.05, 0) is 47.7 Å². The van der Waals surface area contributed by atoms with Gasteiger partial charge in [0.25, 0.3) is 0 Å². The molecular weight excluding hydrogens is 443 g/mol. The molecule has 1 saturated heterocycles. The molecule has 3 aromatic rings. The summed E-state index contributed by atoms with van der Waals surface area (Å²) in [4.78, 5) is 11.8. The molecule has 0 radical (unpaired) electrons. The zero-order chi connectivity index (χ0) is 17.7. The van der Waals surface area contributed by atoms with E-state index in [1.54, 1.807) is 0 Å². The number of halogens is 1. The number of aromatic nitrogens is 5. The summed E-state index contributed by atoms with van der Waals surface area (Å²) in [6, 6.07) is 6.45. The fourth-order valence-electron chi connectivity index (χ4n) is 3.63. The summed E-state index contributed by atoms with van der Waals surface area (Å²) in [5.74, 6) is 1.81. The van der Waals surface area contributed by atoms with E-state index in [0.29, 0.717) is 6.54 Å². The van der Waals surface area contributed by atoms with Crippen LogP contribution in [0.25, 0.3) is 17.1 Å². The molecule has 0 saturated carbocycles. The van der Waals surface area contributed by atoms with Crippen LogP contribution in [0.2, 0.25) is 0 Å². The number of benzene rings is 1. The Kier molecular flexibility index (Phi) is 4.06. The Labute approximate surface area is 165 Å². The molecule has 0 atom stereocenters. The first-order valence-electron chi connectivity index (χ1n) is 8.76. The summed E-state index contributed by atoms with van der Waals surface area (Å²) >= 11 is 2.35. The standard InChI is InChI=1S/C18H19IN6O/c1-12-16-9-25-18(21-17(22-25)10-23-4-6-26-7-5-23)14-8-13(19)2-3-15(14)24(16)11-20-12/h2-3,8,11H,4-7,9-10H2,1H3. The third-order valence-electron chi connectivity index (χ3n) is 5.02. The predicted molar refractivity (Wildman–Crippen MR) is 105 cm³/mol. The normalized spacial score (nSPS) is 16.7. The molecule has 26 heavy (non-hydrogen) atoms. The number of imidazole rings is 1. The molecule has 7 nitrogen and oxygen atoms in total. The number of rotatable bonds is 2. The van der Waals surface area contributed by atoms with E-state index in [1.165, 1.54) is 3.57 Å². The van der Waals surface area contributed by atoms with E-state index >= 15 is 0 Å². The van der Waals surface area contributed by atoms with Gasteiger partial charge in [0.1, 0.15) is 0 Å². The quantitative estimate of drug-likeness (QED) is 0.428. The van der Waals surface area contributed by atoms with Gasteiger partial charge in [0.2, 0.25) is 0 Å². The van der Waals surface area contributed by atoms with Crippen molar-refractivity contribution in [3.63, 3.8) is 0 Å². The number of morpholine rings is 1. The highest BCUT2D eigenvalue weighted by Gasteiger charge is 2.25. The van der Waals surface area contributed by atoms with Gasteiger partial charge in [0.15, 0.2) is 11.6 Å². The molecule has 4 heterocycles. The van der Waals surface area contributed by atoms with E-state index in [2.05, 4.69) is 62.2 Å². The molecule has 1 fully saturated rings. The van der Waals surface area contributed by atoms with Crippen molar-refractivity contribution in [2.24, 2.45) is 0 Å². The smallest absolute Gasteiger partial charge is 0.165 e. The molecule has 0 aliphatic carbocycles. The zero-order valence-corrected chi connectivity index (χ0v) is 16.7. The molecule has 2 aromatic heterocycles. The van der Waals surface area contributed by atoms with Crippen LogP contribution < -0.4 is 0 Å². The molecule has 0 spiro atoms. The van der Waals surface area contributed by atoms with Crippen molar-refractivity contribution in [2.75, 3.05) is 26.3 Å². The SMILES string of the molecule is Cc1ncn2c1Cn1nc(CN3CCOCC3)nc1-c1cc(I)ccc1-2. The minimum atomic E-state index is 0.683.